The van der Waals surface area contributed by atoms with Crippen LogP contribution in [0.5, 0.6) is 0 Å². The predicted octanol–water partition coefficient (Wildman–Crippen LogP) is -0.149. The first-order chi connectivity index (χ1) is 8.06. The number of likely N-dealkylation sites (N-methyl/N-ethyl adjacent to an activating group) is 1. The van der Waals surface area contributed by atoms with Crippen LogP contribution in [-0.4, -0.2) is 42.4 Å². The molecule has 2 rings (SSSR count). The summed E-state index contributed by atoms with van der Waals surface area (Å²) in [6, 6.07) is 0.295. The second-order valence-corrected chi connectivity index (χ2v) is 5.29. The van der Waals surface area contributed by atoms with Crippen LogP contribution >= 0.6 is 0 Å². The lowest BCUT2D eigenvalue weighted by Gasteiger charge is -2.30. The van der Waals surface area contributed by atoms with Crippen molar-refractivity contribution >= 4 is 11.8 Å². The van der Waals surface area contributed by atoms with E-state index in [4.69, 9.17) is 5.73 Å². The van der Waals surface area contributed by atoms with E-state index < -0.39 is 0 Å². The molecule has 1 aliphatic carbocycles. The molecule has 0 aromatic rings. The highest BCUT2D eigenvalue weighted by Crippen LogP contribution is 2.24. The first-order valence-electron chi connectivity index (χ1n) is 6.36. The molecule has 1 heterocycles. The Bertz CT molecular complexity index is 319. The molecule has 0 aromatic carbocycles. The molecule has 1 aliphatic heterocycles. The summed E-state index contributed by atoms with van der Waals surface area (Å²) in [6.07, 6.45) is 3.93. The summed E-state index contributed by atoms with van der Waals surface area (Å²) in [5.74, 6) is 0.358. The normalized spacial score (nSPS) is 33.9. The fraction of sp³-hybridized carbons (Fsp3) is 0.833. The van der Waals surface area contributed by atoms with E-state index in [1.54, 1.807) is 11.9 Å². The number of nitrogens with zero attached hydrogens (tertiary/aromatic N) is 1. The molecule has 17 heavy (non-hydrogen) atoms. The van der Waals surface area contributed by atoms with Crippen LogP contribution in [0, 0.1) is 5.92 Å². The molecule has 3 atom stereocenters. The smallest absolute Gasteiger partial charge is 0.223 e. The number of nitrogens with one attached hydrogen (secondary N) is 1. The molecule has 0 radical (unpaired) electrons. The van der Waals surface area contributed by atoms with Gasteiger partial charge < -0.3 is 16.0 Å². The van der Waals surface area contributed by atoms with E-state index in [1.807, 2.05) is 0 Å². The SMILES string of the molecule is CN1CC(NC(=O)C2CCC(N)C2)CCC1=O. The summed E-state index contributed by atoms with van der Waals surface area (Å²) in [6.45, 7) is 0.628. The molecule has 96 valence electrons. The van der Waals surface area contributed by atoms with Crippen LogP contribution in [0.4, 0.5) is 0 Å². The van der Waals surface area contributed by atoms with Crippen LogP contribution in [0.3, 0.4) is 0 Å². The van der Waals surface area contributed by atoms with Gasteiger partial charge in [0.15, 0.2) is 0 Å². The minimum Gasteiger partial charge on any atom is -0.351 e. The third kappa shape index (κ3) is 2.97. The topological polar surface area (TPSA) is 75.4 Å². The number of hydrogen-bond donors (Lipinski definition) is 2. The molecule has 2 fully saturated rings. The van der Waals surface area contributed by atoms with Gasteiger partial charge in [-0.1, -0.05) is 0 Å². The molecule has 1 saturated heterocycles. The van der Waals surface area contributed by atoms with Crippen LogP contribution in [0.1, 0.15) is 32.1 Å². The van der Waals surface area contributed by atoms with Gasteiger partial charge in [-0.2, -0.15) is 0 Å². The summed E-state index contributed by atoms with van der Waals surface area (Å²) in [4.78, 5) is 25.0. The van der Waals surface area contributed by atoms with Gasteiger partial charge in [-0.3, -0.25) is 9.59 Å². The Labute approximate surface area is 102 Å². The number of rotatable bonds is 2. The molecule has 1 saturated carbocycles. The van der Waals surface area contributed by atoms with Crippen LogP contribution in [-0.2, 0) is 9.59 Å². The number of likely N-dealkylation sites (tertiary alicyclic amines) is 1. The maximum absolute atomic E-state index is 12.0. The zero-order valence-electron chi connectivity index (χ0n) is 10.3. The zero-order valence-corrected chi connectivity index (χ0v) is 10.3. The largest absolute Gasteiger partial charge is 0.351 e. The average Bonchev–Trinajstić information content (AvgIpc) is 2.70. The fourth-order valence-electron chi connectivity index (χ4n) is 2.70. The molecule has 2 amide bonds. The fourth-order valence-corrected chi connectivity index (χ4v) is 2.70. The molecule has 0 aromatic heterocycles. The Morgan fingerprint density at radius 2 is 2.18 bits per heavy atom. The molecule has 5 nitrogen and oxygen atoms in total. The summed E-state index contributed by atoms with van der Waals surface area (Å²) in [7, 11) is 1.78. The first kappa shape index (κ1) is 12.4. The Hall–Kier alpha value is -1.10. The molecule has 3 N–H and O–H groups in total. The highest BCUT2D eigenvalue weighted by molar-refractivity contribution is 5.80. The third-order valence-corrected chi connectivity index (χ3v) is 3.82. The molecule has 5 heteroatoms. The monoisotopic (exact) mass is 239 g/mol. The number of piperidine rings is 1. The molecular formula is C12H21N3O2. The molecule has 0 bridgehead atoms. The van der Waals surface area contributed by atoms with Crippen molar-refractivity contribution in [3.8, 4) is 0 Å². The Balaban J connectivity index is 1.81. The van der Waals surface area contributed by atoms with Crippen LogP contribution in [0.15, 0.2) is 0 Å². The van der Waals surface area contributed by atoms with Crippen molar-refractivity contribution in [3.63, 3.8) is 0 Å². The van der Waals surface area contributed by atoms with Gasteiger partial charge in [0.1, 0.15) is 0 Å². The molecular weight excluding hydrogens is 218 g/mol. The highest BCUT2D eigenvalue weighted by atomic mass is 16.2. The van der Waals surface area contributed by atoms with E-state index in [0.717, 1.165) is 25.7 Å². The second kappa shape index (κ2) is 5.04. The van der Waals surface area contributed by atoms with E-state index in [9.17, 15) is 9.59 Å². The maximum atomic E-state index is 12.0. The predicted molar refractivity (Wildman–Crippen MR) is 64.1 cm³/mol. The summed E-state index contributed by atoms with van der Waals surface area (Å²) < 4.78 is 0. The van der Waals surface area contributed by atoms with Crippen molar-refractivity contribution < 1.29 is 9.59 Å². The number of hydrogen-bond acceptors (Lipinski definition) is 3. The lowest BCUT2D eigenvalue weighted by atomic mass is 10.0. The lowest BCUT2D eigenvalue weighted by Crippen LogP contribution is -2.49. The Morgan fingerprint density at radius 3 is 2.76 bits per heavy atom. The minimum absolute atomic E-state index is 0.0768. The van der Waals surface area contributed by atoms with Gasteiger partial charge >= 0.3 is 0 Å². The summed E-state index contributed by atoms with van der Waals surface area (Å²) >= 11 is 0. The van der Waals surface area contributed by atoms with Gasteiger partial charge in [0.2, 0.25) is 11.8 Å². The average molecular weight is 239 g/mol. The van der Waals surface area contributed by atoms with Gasteiger partial charge in [-0.05, 0) is 25.7 Å². The molecule has 2 aliphatic rings. The van der Waals surface area contributed by atoms with Crippen LogP contribution in [0.2, 0.25) is 0 Å². The van der Waals surface area contributed by atoms with Crippen LogP contribution < -0.4 is 11.1 Å². The maximum Gasteiger partial charge on any atom is 0.223 e. The number of carbonyl (C=O) groups excluding carboxylic acids is 2. The van der Waals surface area contributed by atoms with Gasteiger partial charge in [-0.25, -0.2) is 0 Å². The molecule has 3 unspecified atom stereocenters. The first-order valence-corrected chi connectivity index (χ1v) is 6.36. The zero-order chi connectivity index (χ0) is 12.4. The Morgan fingerprint density at radius 1 is 1.41 bits per heavy atom. The second-order valence-electron chi connectivity index (χ2n) is 5.29. The molecule has 0 spiro atoms. The summed E-state index contributed by atoms with van der Waals surface area (Å²) in [5.41, 5.74) is 5.80. The van der Waals surface area contributed by atoms with E-state index >= 15 is 0 Å². The van der Waals surface area contributed by atoms with Crippen molar-refractivity contribution in [2.45, 2.75) is 44.2 Å². The lowest BCUT2D eigenvalue weighted by molar-refractivity contribution is -0.134. The standard InChI is InChI=1S/C12H21N3O2/c1-15-7-10(4-5-11(15)16)14-12(17)8-2-3-9(13)6-8/h8-10H,2-7,13H2,1H3,(H,14,17). The summed E-state index contributed by atoms with van der Waals surface area (Å²) in [5, 5.41) is 3.04. The number of nitrogens with two attached hydrogens (primary N) is 1. The van der Waals surface area contributed by atoms with Crippen molar-refractivity contribution in [1.29, 1.82) is 0 Å². The van der Waals surface area contributed by atoms with E-state index in [0.29, 0.717) is 13.0 Å². The van der Waals surface area contributed by atoms with Crippen LogP contribution in [0.25, 0.3) is 0 Å². The van der Waals surface area contributed by atoms with E-state index in [1.165, 1.54) is 0 Å². The number of amides is 2. The highest BCUT2D eigenvalue weighted by Gasteiger charge is 2.30. The quantitative estimate of drug-likeness (QED) is 0.703. The van der Waals surface area contributed by atoms with Crippen molar-refractivity contribution in [2.75, 3.05) is 13.6 Å². The van der Waals surface area contributed by atoms with Gasteiger partial charge in [0, 0.05) is 38.0 Å². The number of carbonyl (C=O) groups is 2. The van der Waals surface area contributed by atoms with E-state index in [2.05, 4.69) is 5.32 Å². The van der Waals surface area contributed by atoms with Crippen molar-refractivity contribution in [3.05, 3.63) is 0 Å². The minimum atomic E-state index is 0.0768. The Kier molecular flexibility index (Phi) is 3.66. The van der Waals surface area contributed by atoms with Crippen molar-refractivity contribution in [2.24, 2.45) is 11.7 Å². The van der Waals surface area contributed by atoms with Gasteiger partial charge in [0.05, 0.1) is 0 Å². The van der Waals surface area contributed by atoms with Crippen molar-refractivity contribution in [1.82, 2.24) is 10.2 Å². The van der Waals surface area contributed by atoms with E-state index in [-0.39, 0.29) is 29.8 Å². The third-order valence-electron chi connectivity index (χ3n) is 3.82. The van der Waals surface area contributed by atoms with Gasteiger partial charge in [0.25, 0.3) is 0 Å². The van der Waals surface area contributed by atoms with Gasteiger partial charge in [-0.15, -0.1) is 0 Å².